The minimum Gasteiger partial charge on any atom is -0.379 e. The molecular formula is C36H74N2O10. The van der Waals surface area contributed by atoms with Crippen LogP contribution in [0.25, 0.3) is 0 Å². The zero-order chi connectivity index (χ0) is 36.2. The van der Waals surface area contributed by atoms with E-state index in [-0.39, 0.29) is 27.9 Å². The maximum Gasteiger partial charge on any atom is 0.225 e. The highest BCUT2D eigenvalue weighted by atomic mass is 16.6. The van der Waals surface area contributed by atoms with Gasteiger partial charge in [0.1, 0.15) is 0 Å². The van der Waals surface area contributed by atoms with Crippen molar-refractivity contribution in [3.8, 4) is 0 Å². The van der Waals surface area contributed by atoms with Gasteiger partial charge in [-0.05, 0) is 52.9 Å². The third-order valence-electron chi connectivity index (χ3n) is 6.89. The maximum absolute atomic E-state index is 11.8. The van der Waals surface area contributed by atoms with E-state index in [9.17, 15) is 4.79 Å². The van der Waals surface area contributed by atoms with Crippen LogP contribution < -0.4 is 10.6 Å². The smallest absolute Gasteiger partial charge is 0.225 e. The molecule has 12 nitrogen and oxygen atoms in total. The molecule has 0 aromatic carbocycles. The molecule has 2 N–H and O–H groups in total. The molecule has 0 aromatic rings. The first kappa shape index (κ1) is 47.1. The molecule has 0 unspecified atom stereocenters. The first-order chi connectivity index (χ1) is 22.5. The quantitative estimate of drug-likeness (QED) is 0.0958. The van der Waals surface area contributed by atoms with Crippen molar-refractivity contribution in [2.45, 2.75) is 93.2 Å². The van der Waals surface area contributed by atoms with Crippen molar-refractivity contribution in [3.05, 3.63) is 0 Å². The molecule has 0 radical (unpaired) electrons. The van der Waals surface area contributed by atoms with Crippen LogP contribution >= 0.6 is 0 Å². The Balaban J connectivity index is 3.56. The molecule has 0 bridgehead atoms. The van der Waals surface area contributed by atoms with Crippen LogP contribution in [0.2, 0.25) is 0 Å². The fourth-order valence-corrected chi connectivity index (χ4v) is 4.54. The van der Waals surface area contributed by atoms with Gasteiger partial charge in [0.05, 0.1) is 111 Å². The number of hydrogen-bond donors (Lipinski definition) is 2. The van der Waals surface area contributed by atoms with Gasteiger partial charge in [0.15, 0.2) is 0 Å². The van der Waals surface area contributed by atoms with Crippen molar-refractivity contribution >= 4 is 5.91 Å². The van der Waals surface area contributed by atoms with E-state index < -0.39 is 0 Å². The zero-order valence-electron chi connectivity index (χ0n) is 32.4. The molecule has 0 aromatic heterocycles. The predicted octanol–water partition coefficient (Wildman–Crippen LogP) is 4.27. The summed E-state index contributed by atoms with van der Waals surface area (Å²) < 4.78 is 50.8. The molecule has 0 fully saturated rings. The monoisotopic (exact) mass is 695 g/mol. The zero-order valence-corrected chi connectivity index (χ0v) is 32.4. The highest BCUT2D eigenvalue weighted by Crippen LogP contribution is 2.33. The van der Waals surface area contributed by atoms with Crippen LogP contribution in [0.4, 0.5) is 0 Å². The van der Waals surface area contributed by atoms with E-state index in [0.29, 0.717) is 119 Å². The topological polar surface area (TPSA) is 124 Å². The molecule has 0 heterocycles. The van der Waals surface area contributed by atoms with Gasteiger partial charge in [0.25, 0.3) is 0 Å². The second kappa shape index (κ2) is 27.8. The molecule has 0 saturated heterocycles. The lowest BCUT2D eigenvalue weighted by molar-refractivity contribution is -0.128. The molecule has 0 spiro atoms. The summed E-state index contributed by atoms with van der Waals surface area (Å²) in [6, 6.07) is 0. The Morgan fingerprint density at radius 1 is 0.458 bits per heavy atom. The van der Waals surface area contributed by atoms with Gasteiger partial charge < -0.3 is 53.3 Å². The van der Waals surface area contributed by atoms with E-state index in [1.807, 2.05) is 20.8 Å². The Bertz CT molecular complexity index is 754. The number of rotatable bonds is 33. The van der Waals surface area contributed by atoms with Crippen LogP contribution in [0.15, 0.2) is 0 Å². The summed E-state index contributed by atoms with van der Waals surface area (Å²) in [5, 5.41) is 6.23. The molecule has 288 valence electrons. The second-order valence-corrected chi connectivity index (χ2v) is 15.3. The number of carbonyl (C=O) groups excluding carboxylic acids is 1. The summed E-state index contributed by atoms with van der Waals surface area (Å²) in [4.78, 5) is 11.8. The highest BCUT2D eigenvalue weighted by Gasteiger charge is 2.29. The largest absolute Gasteiger partial charge is 0.379 e. The van der Waals surface area contributed by atoms with Gasteiger partial charge in [-0.1, -0.05) is 34.6 Å². The van der Waals surface area contributed by atoms with Gasteiger partial charge in [0, 0.05) is 30.7 Å². The van der Waals surface area contributed by atoms with Crippen molar-refractivity contribution in [1.29, 1.82) is 0 Å². The fourth-order valence-electron chi connectivity index (χ4n) is 4.54. The molecular weight excluding hydrogens is 620 g/mol. The summed E-state index contributed by atoms with van der Waals surface area (Å²) in [6.45, 7) is 31.5. The van der Waals surface area contributed by atoms with Gasteiger partial charge in [-0.3, -0.25) is 4.79 Å². The lowest BCUT2D eigenvalue weighted by Crippen LogP contribution is -2.38. The first-order valence-electron chi connectivity index (χ1n) is 17.8. The van der Waals surface area contributed by atoms with Crippen molar-refractivity contribution in [1.82, 2.24) is 10.6 Å². The average Bonchev–Trinajstić information content (AvgIpc) is 2.97. The van der Waals surface area contributed by atoms with Crippen LogP contribution in [0.1, 0.15) is 82.1 Å². The molecule has 0 aliphatic heterocycles. The van der Waals surface area contributed by atoms with Crippen molar-refractivity contribution in [3.63, 3.8) is 0 Å². The molecule has 0 saturated carbocycles. The van der Waals surface area contributed by atoms with Gasteiger partial charge in [0.2, 0.25) is 5.91 Å². The van der Waals surface area contributed by atoms with E-state index in [1.165, 1.54) is 0 Å². The van der Waals surface area contributed by atoms with Gasteiger partial charge in [-0.15, -0.1) is 0 Å². The van der Waals surface area contributed by atoms with Gasteiger partial charge >= 0.3 is 0 Å². The van der Waals surface area contributed by atoms with Crippen LogP contribution in [0, 0.1) is 10.8 Å². The van der Waals surface area contributed by atoms with E-state index in [0.717, 1.165) is 19.4 Å². The second-order valence-electron chi connectivity index (χ2n) is 15.3. The minimum atomic E-state index is -0.385. The normalized spacial score (nSPS) is 13.0. The van der Waals surface area contributed by atoms with Gasteiger partial charge in [-0.25, -0.2) is 0 Å². The summed E-state index contributed by atoms with van der Waals surface area (Å²) in [7, 11) is 0. The Hall–Kier alpha value is -0.930. The average molecular weight is 695 g/mol. The van der Waals surface area contributed by atoms with Gasteiger partial charge in [-0.2, -0.15) is 0 Å². The molecule has 0 aliphatic rings. The lowest BCUT2D eigenvalue weighted by atomic mass is 9.79. The molecule has 48 heavy (non-hydrogen) atoms. The third kappa shape index (κ3) is 33.6. The van der Waals surface area contributed by atoms with E-state index in [1.54, 1.807) is 0 Å². The Morgan fingerprint density at radius 3 is 1.21 bits per heavy atom. The molecule has 0 atom stereocenters. The van der Waals surface area contributed by atoms with Crippen molar-refractivity contribution < 1.29 is 47.4 Å². The lowest BCUT2D eigenvalue weighted by Gasteiger charge is -2.35. The standard InChI is InChI=1S/C36H74N2O10/c1-33(2,3)32(39)37-12-15-41-18-21-44-24-23-43-20-17-40-14-11-35(7,8)31-36(9,10)48-30-29-47-28-27-46-26-25-45-22-19-42-16-13-38-34(4,5)6/h38H,11-31H2,1-10H3,(H,37,39). The van der Waals surface area contributed by atoms with Crippen LogP contribution in [-0.2, 0) is 47.4 Å². The number of carbonyl (C=O) groups is 1. The molecule has 12 heteroatoms. The Kier molecular flexibility index (Phi) is 27.2. The number of amides is 1. The third-order valence-corrected chi connectivity index (χ3v) is 6.89. The number of hydrogen-bond acceptors (Lipinski definition) is 11. The summed E-state index contributed by atoms with van der Waals surface area (Å²) in [6.07, 6.45) is 1.84. The minimum absolute atomic E-state index is 0.0217. The van der Waals surface area contributed by atoms with Crippen LogP contribution in [0.5, 0.6) is 0 Å². The molecule has 1 amide bonds. The predicted molar refractivity (Wildman–Crippen MR) is 190 cm³/mol. The fraction of sp³-hybridized carbons (Fsp3) is 0.972. The number of ether oxygens (including phenoxy) is 9. The van der Waals surface area contributed by atoms with Crippen molar-refractivity contribution in [2.75, 3.05) is 125 Å². The molecule has 0 aliphatic carbocycles. The maximum atomic E-state index is 11.8. The van der Waals surface area contributed by atoms with Crippen LogP contribution in [-0.4, -0.2) is 142 Å². The highest BCUT2D eigenvalue weighted by molar-refractivity contribution is 5.81. The summed E-state index contributed by atoms with van der Waals surface area (Å²) in [5.41, 5.74) is -0.456. The first-order valence-corrected chi connectivity index (χ1v) is 17.8. The van der Waals surface area contributed by atoms with Crippen molar-refractivity contribution in [2.24, 2.45) is 10.8 Å². The SMILES string of the molecule is CC(C)(CCOCCOCCOCCOCCNC(=O)C(C)(C)C)CC(C)(C)OCCOCCOCCOCCOCCNC(C)(C)C. The summed E-state index contributed by atoms with van der Waals surface area (Å²) >= 11 is 0. The van der Waals surface area contributed by atoms with Crippen LogP contribution in [0.3, 0.4) is 0 Å². The molecule has 0 rings (SSSR count). The summed E-state index contributed by atoms with van der Waals surface area (Å²) in [5.74, 6) is 0.0217. The Morgan fingerprint density at radius 2 is 0.812 bits per heavy atom. The Labute approximate surface area is 293 Å². The number of nitrogens with one attached hydrogen (secondary N) is 2. The van der Waals surface area contributed by atoms with E-state index >= 15 is 0 Å². The van der Waals surface area contributed by atoms with E-state index in [2.05, 4.69) is 59.1 Å². The van der Waals surface area contributed by atoms with E-state index in [4.69, 9.17) is 42.6 Å².